The minimum atomic E-state index is -1.01. The molecule has 1 aromatic carbocycles. The van der Waals surface area contributed by atoms with Crippen LogP contribution in [0.4, 0.5) is 0 Å². The van der Waals surface area contributed by atoms with E-state index in [4.69, 9.17) is 9.84 Å². The van der Waals surface area contributed by atoms with Gasteiger partial charge in [0.2, 0.25) is 0 Å². The Morgan fingerprint density at radius 3 is 2.87 bits per heavy atom. The minimum Gasteiger partial charge on any atom is -0.504 e. The summed E-state index contributed by atoms with van der Waals surface area (Å²) in [5.74, 6) is -0.615. The number of carboxylic acids is 1. The molecule has 4 nitrogen and oxygen atoms in total. The van der Waals surface area contributed by atoms with Crippen molar-refractivity contribution in [1.29, 1.82) is 0 Å². The van der Waals surface area contributed by atoms with E-state index in [0.717, 1.165) is 6.08 Å². The van der Waals surface area contributed by atoms with E-state index in [9.17, 15) is 9.90 Å². The highest BCUT2D eigenvalue weighted by Gasteiger charge is 2.01. The van der Waals surface area contributed by atoms with Gasteiger partial charge in [0.25, 0.3) is 0 Å². The molecular weight excluding hydrogens is 196 g/mol. The number of ether oxygens (including phenoxy) is 1. The van der Waals surface area contributed by atoms with Crippen molar-refractivity contribution in [2.24, 2.45) is 0 Å². The molecule has 0 amide bonds. The van der Waals surface area contributed by atoms with Crippen molar-refractivity contribution < 1.29 is 19.7 Å². The molecule has 0 aliphatic rings. The summed E-state index contributed by atoms with van der Waals surface area (Å²) >= 11 is 0. The second-order valence-electron chi connectivity index (χ2n) is 2.83. The van der Waals surface area contributed by atoms with Crippen LogP contribution in [0, 0.1) is 0 Å². The fourth-order valence-electron chi connectivity index (χ4n) is 1.07. The molecule has 0 spiro atoms. The van der Waals surface area contributed by atoms with Gasteiger partial charge >= 0.3 is 5.97 Å². The number of rotatable bonds is 4. The Morgan fingerprint density at radius 1 is 1.53 bits per heavy atom. The number of benzene rings is 1. The van der Waals surface area contributed by atoms with E-state index < -0.39 is 5.97 Å². The van der Waals surface area contributed by atoms with Gasteiger partial charge in [-0.3, -0.25) is 0 Å². The van der Waals surface area contributed by atoms with Crippen molar-refractivity contribution >= 4 is 12.0 Å². The number of phenols is 1. The monoisotopic (exact) mass is 208 g/mol. The number of hydrogen-bond acceptors (Lipinski definition) is 3. The van der Waals surface area contributed by atoms with Gasteiger partial charge in [0.05, 0.1) is 6.61 Å². The van der Waals surface area contributed by atoms with E-state index in [1.54, 1.807) is 19.1 Å². The first kappa shape index (κ1) is 11.1. The molecule has 0 aliphatic carbocycles. The molecule has 0 radical (unpaired) electrons. The minimum absolute atomic E-state index is 0.0457. The van der Waals surface area contributed by atoms with E-state index in [2.05, 4.69) is 0 Å². The van der Waals surface area contributed by atoms with Crippen molar-refractivity contribution in [2.45, 2.75) is 6.92 Å². The van der Waals surface area contributed by atoms with Crippen LogP contribution in [0.2, 0.25) is 0 Å². The molecule has 15 heavy (non-hydrogen) atoms. The highest BCUT2D eigenvalue weighted by atomic mass is 16.5. The SMILES string of the molecule is CCOc1cc(/C=C\C(=O)O)ccc1O. The van der Waals surface area contributed by atoms with Crippen molar-refractivity contribution in [3.8, 4) is 11.5 Å². The van der Waals surface area contributed by atoms with Gasteiger partial charge in [-0.05, 0) is 30.7 Å². The fourth-order valence-corrected chi connectivity index (χ4v) is 1.07. The Labute approximate surface area is 87.4 Å². The average Bonchev–Trinajstić information content (AvgIpc) is 2.19. The number of phenolic OH excluding ortho intramolecular Hbond substituents is 1. The smallest absolute Gasteiger partial charge is 0.328 e. The summed E-state index contributed by atoms with van der Waals surface area (Å²) in [7, 11) is 0. The molecular formula is C11H12O4. The molecule has 0 atom stereocenters. The molecule has 80 valence electrons. The summed E-state index contributed by atoms with van der Waals surface area (Å²) in [5, 5.41) is 17.8. The van der Waals surface area contributed by atoms with Crippen molar-refractivity contribution in [3.05, 3.63) is 29.8 Å². The average molecular weight is 208 g/mol. The van der Waals surface area contributed by atoms with Crippen molar-refractivity contribution in [3.63, 3.8) is 0 Å². The highest BCUT2D eigenvalue weighted by molar-refractivity contribution is 5.85. The summed E-state index contributed by atoms with van der Waals surface area (Å²) in [5.41, 5.74) is 0.665. The number of carboxylic acid groups (broad SMARTS) is 1. The number of carbonyl (C=O) groups is 1. The Kier molecular flexibility index (Phi) is 3.74. The Bertz CT molecular complexity index is 382. The summed E-state index contributed by atoms with van der Waals surface area (Å²) in [6.07, 6.45) is 2.46. The third-order valence-corrected chi connectivity index (χ3v) is 1.70. The van der Waals surface area contributed by atoms with Gasteiger partial charge < -0.3 is 14.9 Å². The van der Waals surface area contributed by atoms with Gasteiger partial charge in [-0.2, -0.15) is 0 Å². The first-order valence-corrected chi connectivity index (χ1v) is 4.50. The quantitative estimate of drug-likeness (QED) is 0.741. The number of aromatic hydroxyl groups is 1. The van der Waals surface area contributed by atoms with Crippen LogP contribution in [0.1, 0.15) is 12.5 Å². The second kappa shape index (κ2) is 5.05. The second-order valence-corrected chi connectivity index (χ2v) is 2.83. The molecule has 0 saturated carbocycles. The van der Waals surface area contributed by atoms with Crippen LogP contribution in [0.3, 0.4) is 0 Å². The number of hydrogen-bond donors (Lipinski definition) is 2. The van der Waals surface area contributed by atoms with Crippen LogP contribution in [0.5, 0.6) is 11.5 Å². The van der Waals surface area contributed by atoms with Gasteiger partial charge in [-0.15, -0.1) is 0 Å². The summed E-state index contributed by atoms with van der Waals surface area (Å²) in [6.45, 7) is 2.25. The van der Waals surface area contributed by atoms with Crippen LogP contribution >= 0.6 is 0 Å². The zero-order valence-electron chi connectivity index (χ0n) is 8.30. The van der Waals surface area contributed by atoms with Gasteiger partial charge in [0.1, 0.15) is 0 Å². The highest BCUT2D eigenvalue weighted by Crippen LogP contribution is 2.27. The van der Waals surface area contributed by atoms with Crippen LogP contribution in [0.25, 0.3) is 6.08 Å². The van der Waals surface area contributed by atoms with Gasteiger partial charge in [0, 0.05) is 6.08 Å². The topological polar surface area (TPSA) is 66.8 Å². The maximum absolute atomic E-state index is 10.3. The Hall–Kier alpha value is -1.97. The largest absolute Gasteiger partial charge is 0.504 e. The van der Waals surface area contributed by atoms with Gasteiger partial charge in [0.15, 0.2) is 11.5 Å². The lowest BCUT2D eigenvalue weighted by molar-refractivity contribution is -0.131. The lowest BCUT2D eigenvalue weighted by Crippen LogP contribution is -1.92. The Balaban J connectivity index is 2.91. The first-order chi connectivity index (χ1) is 7.13. The van der Waals surface area contributed by atoms with E-state index >= 15 is 0 Å². The zero-order valence-corrected chi connectivity index (χ0v) is 8.30. The predicted molar refractivity (Wildman–Crippen MR) is 55.9 cm³/mol. The maximum atomic E-state index is 10.3. The summed E-state index contributed by atoms with van der Waals surface area (Å²) in [4.78, 5) is 10.3. The molecule has 0 aromatic heterocycles. The molecule has 0 heterocycles. The zero-order chi connectivity index (χ0) is 11.3. The molecule has 0 saturated heterocycles. The molecule has 1 rings (SSSR count). The normalized spacial score (nSPS) is 10.5. The molecule has 4 heteroatoms. The summed E-state index contributed by atoms with van der Waals surface area (Å²) < 4.78 is 5.15. The number of aliphatic carboxylic acids is 1. The van der Waals surface area contributed by atoms with E-state index in [-0.39, 0.29) is 5.75 Å². The standard InChI is InChI=1S/C11H12O4/c1-2-15-10-7-8(3-5-9(10)12)4-6-11(13)14/h3-7,12H,2H2,1H3,(H,13,14)/b6-4-. The van der Waals surface area contributed by atoms with Crippen molar-refractivity contribution in [1.82, 2.24) is 0 Å². The van der Waals surface area contributed by atoms with Gasteiger partial charge in [-0.25, -0.2) is 4.79 Å². The van der Waals surface area contributed by atoms with Crippen molar-refractivity contribution in [2.75, 3.05) is 6.61 Å². The van der Waals surface area contributed by atoms with E-state index in [0.29, 0.717) is 17.9 Å². The fraction of sp³-hybridized carbons (Fsp3) is 0.182. The summed E-state index contributed by atoms with van der Waals surface area (Å²) in [6, 6.07) is 4.65. The molecule has 0 bridgehead atoms. The van der Waals surface area contributed by atoms with Crippen LogP contribution in [-0.4, -0.2) is 22.8 Å². The molecule has 0 fully saturated rings. The van der Waals surface area contributed by atoms with Gasteiger partial charge in [-0.1, -0.05) is 6.07 Å². The molecule has 1 aromatic rings. The predicted octanol–water partition coefficient (Wildman–Crippen LogP) is 1.89. The van der Waals surface area contributed by atoms with E-state index in [1.165, 1.54) is 12.1 Å². The molecule has 0 unspecified atom stereocenters. The van der Waals surface area contributed by atoms with Crippen LogP contribution in [-0.2, 0) is 4.79 Å². The first-order valence-electron chi connectivity index (χ1n) is 4.50. The Morgan fingerprint density at radius 2 is 2.27 bits per heavy atom. The third-order valence-electron chi connectivity index (χ3n) is 1.70. The maximum Gasteiger partial charge on any atom is 0.328 e. The van der Waals surface area contributed by atoms with Crippen LogP contribution in [0.15, 0.2) is 24.3 Å². The van der Waals surface area contributed by atoms with E-state index in [1.807, 2.05) is 0 Å². The molecule has 0 aliphatic heterocycles. The van der Waals surface area contributed by atoms with Crippen LogP contribution < -0.4 is 4.74 Å². The third kappa shape index (κ3) is 3.34. The lowest BCUT2D eigenvalue weighted by atomic mass is 10.2. The lowest BCUT2D eigenvalue weighted by Gasteiger charge is -2.05. The molecule has 2 N–H and O–H groups in total.